The standard InChI is InChI=1S/C13H23N5O/c1-4-5-10-11(14)12(16-15-10)13(19)18-7-6-17(3)8-9(18)2/h9H,4-8,14H2,1-3H3,(H,15,16). The number of nitrogens with one attached hydrogen (secondary N) is 1. The Kier molecular flexibility index (Phi) is 4.09. The number of amides is 1. The maximum Gasteiger partial charge on any atom is 0.276 e. The molecule has 0 spiro atoms. The summed E-state index contributed by atoms with van der Waals surface area (Å²) >= 11 is 0. The van der Waals surface area contributed by atoms with Gasteiger partial charge in [-0.25, -0.2) is 0 Å². The summed E-state index contributed by atoms with van der Waals surface area (Å²) in [7, 11) is 2.07. The number of piperazine rings is 1. The number of nitrogens with two attached hydrogens (primary N) is 1. The Morgan fingerprint density at radius 2 is 2.26 bits per heavy atom. The lowest BCUT2D eigenvalue weighted by atomic mass is 10.1. The maximum atomic E-state index is 12.5. The molecular weight excluding hydrogens is 242 g/mol. The van der Waals surface area contributed by atoms with E-state index in [-0.39, 0.29) is 11.9 Å². The summed E-state index contributed by atoms with van der Waals surface area (Å²) in [5.74, 6) is -0.0586. The lowest BCUT2D eigenvalue weighted by molar-refractivity contribution is 0.0529. The Hall–Kier alpha value is -1.56. The van der Waals surface area contributed by atoms with Crippen LogP contribution in [0.5, 0.6) is 0 Å². The van der Waals surface area contributed by atoms with Crippen molar-refractivity contribution in [2.45, 2.75) is 32.7 Å². The van der Waals surface area contributed by atoms with Crippen LogP contribution in [0.2, 0.25) is 0 Å². The zero-order chi connectivity index (χ0) is 14.0. The van der Waals surface area contributed by atoms with E-state index in [4.69, 9.17) is 5.73 Å². The molecule has 0 aromatic carbocycles. The Morgan fingerprint density at radius 1 is 1.53 bits per heavy atom. The fourth-order valence-corrected chi connectivity index (χ4v) is 2.57. The number of H-pyrrole nitrogens is 1. The highest BCUT2D eigenvalue weighted by atomic mass is 16.2. The fourth-order valence-electron chi connectivity index (χ4n) is 2.57. The Labute approximate surface area is 113 Å². The number of hydrogen-bond acceptors (Lipinski definition) is 4. The van der Waals surface area contributed by atoms with E-state index in [0.29, 0.717) is 11.4 Å². The van der Waals surface area contributed by atoms with Gasteiger partial charge in [0.25, 0.3) is 5.91 Å². The summed E-state index contributed by atoms with van der Waals surface area (Å²) in [6, 6.07) is 0.192. The molecule has 0 saturated carbocycles. The molecule has 106 valence electrons. The van der Waals surface area contributed by atoms with Gasteiger partial charge in [-0.1, -0.05) is 13.3 Å². The number of rotatable bonds is 3. The van der Waals surface area contributed by atoms with Gasteiger partial charge >= 0.3 is 0 Å². The van der Waals surface area contributed by atoms with Crippen molar-refractivity contribution in [1.29, 1.82) is 0 Å². The molecule has 1 amide bonds. The third-order valence-electron chi connectivity index (χ3n) is 3.68. The molecule has 1 aliphatic heterocycles. The van der Waals surface area contributed by atoms with E-state index in [1.807, 2.05) is 4.90 Å². The fraction of sp³-hybridized carbons (Fsp3) is 0.692. The van der Waals surface area contributed by atoms with Gasteiger partial charge in [-0.15, -0.1) is 0 Å². The Bertz CT molecular complexity index is 456. The molecule has 1 unspecified atom stereocenters. The molecule has 0 aliphatic carbocycles. The van der Waals surface area contributed by atoms with Crippen LogP contribution in [0.25, 0.3) is 0 Å². The van der Waals surface area contributed by atoms with Crippen molar-refractivity contribution in [2.24, 2.45) is 0 Å². The van der Waals surface area contributed by atoms with E-state index < -0.39 is 0 Å². The number of anilines is 1. The minimum absolute atomic E-state index is 0.0586. The van der Waals surface area contributed by atoms with Crippen LogP contribution in [-0.2, 0) is 6.42 Å². The van der Waals surface area contributed by atoms with Crippen LogP contribution in [0.15, 0.2) is 0 Å². The van der Waals surface area contributed by atoms with Crippen LogP contribution in [0.4, 0.5) is 5.69 Å². The average molecular weight is 265 g/mol. The second-order valence-electron chi connectivity index (χ2n) is 5.32. The third-order valence-corrected chi connectivity index (χ3v) is 3.68. The first kappa shape index (κ1) is 13.9. The van der Waals surface area contributed by atoms with Crippen LogP contribution < -0.4 is 5.73 Å². The van der Waals surface area contributed by atoms with Gasteiger partial charge in [0.05, 0.1) is 11.4 Å². The first-order valence-corrected chi connectivity index (χ1v) is 6.86. The van der Waals surface area contributed by atoms with Crippen molar-refractivity contribution in [3.8, 4) is 0 Å². The molecule has 2 rings (SSSR count). The monoisotopic (exact) mass is 265 g/mol. The van der Waals surface area contributed by atoms with Crippen molar-refractivity contribution >= 4 is 11.6 Å². The molecule has 1 atom stereocenters. The van der Waals surface area contributed by atoms with E-state index in [9.17, 15) is 4.79 Å². The number of aromatic amines is 1. The second kappa shape index (κ2) is 5.61. The van der Waals surface area contributed by atoms with E-state index >= 15 is 0 Å². The summed E-state index contributed by atoms with van der Waals surface area (Å²) in [5, 5.41) is 6.99. The molecule has 3 N–H and O–H groups in total. The average Bonchev–Trinajstić information content (AvgIpc) is 2.71. The van der Waals surface area contributed by atoms with Gasteiger partial charge in [0, 0.05) is 25.7 Å². The van der Waals surface area contributed by atoms with Crippen molar-refractivity contribution < 1.29 is 4.79 Å². The molecule has 6 nitrogen and oxygen atoms in total. The lowest BCUT2D eigenvalue weighted by Crippen LogP contribution is -2.52. The summed E-state index contributed by atoms with van der Waals surface area (Å²) in [6.07, 6.45) is 1.80. The van der Waals surface area contributed by atoms with Gasteiger partial charge in [0.15, 0.2) is 5.69 Å². The number of nitrogens with zero attached hydrogens (tertiary/aromatic N) is 3. The molecule has 1 aromatic rings. The first-order valence-electron chi connectivity index (χ1n) is 6.86. The van der Waals surface area contributed by atoms with Gasteiger partial charge in [-0.2, -0.15) is 5.10 Å². The molecule has 1 saturated heterocycles. The highest BCUT2D eigenvalue weighted by Crippen LogP contribution is 2.19. The van der Waals surface area contributed by atoms with Gasteiger partial charge in [-0.3, -0.25) is 9.89 Å². The van der Waals surface area contributed by atoms with Gasteiger partial charge in [0.1, 0.15) is 0 Å². The quantitative estimate of drug-likeness (QED) is 0.844. The first-order chi connectivity index (χ1) is 9.04. The van der Waals surface area contributed by atoms with Crippen LogP contribution in [0.3, 0.4) is 0 Å². The molecule has 6 heteroatoms. The molecule has 1 fully saturated rings. The summed E-state index contributed by atoms with van der Waals surface area (Å²) < 4.78 is 0. The van der Waals surface area contributed by atoms with Crippen molar-refractivity contribution in [3.05, 3.63) is 11.4 Å². The normalized spacial score (nSPS) is 20.8. The molecular formula is C13H23N5O. The smallest absolute Gasteiger partial charge is 0.276 e. The maximum absolute atomic E-state index is 12.5. The number of carbonyl (C=O) groups is 1. The van der Waals surface area contributed by atoms with Gasteiger partial charge in [-0.05, 0) is 20.4 Å². The summed E-state index contributed by atoms with van der Waals surface area (Å²) in [4.78, 5) is 16.6. The number of likely N-dealkylation sites (N-methyl/N-ethyl adjacent to an activating group) is 1. The van der Waals surface area contributed by atoms with E-state index in [1.165, 1.54) is 0 Å². The van der Waals surface area contributed by atoms with Crippen LogP contribution >= 0.6 is 0 Å². The SMILES string of the molecule is CCCc1[nH]nc(C(=O)N2CCN(C)CC2C)c1N. The molecule has 19 heavy (non-hydrogen) atoms. The summed E-state index contributed by atoms with van der Waals surface area (Å²) in [6.45, 7) is 6.64. The molecule has 1 aliphatic rings. The molecule has 0 bridgehead atoms. The van der Waals surface area contributed by atoms with Crippen LogP contribution in [0, 0.1) is 0 Å². The largest absolute Gasteiger partial charge is 0.395 e. The zero-order valence-corrected chi connectivity index (χ0v) is 11.9. The van der Waals surface area contributed by atoms with Crippen LogP contribution in [0.1, 0.15) is 36.5 Å². The van der Waals surface area contributed by atoms with Gasteiger partial charge < -0.3 is 15.5 Å². The minimum Gasteiger partial charge on any atom is -0.395 e. The van der Waals surface area contributed by atoms with Gasteiger partial charge in [0.2, 0.25) is 0 Å². The van der Waals surface area contributed by atoms with E-state index in [1.54, 1.807) is 0 Å². The number of aryl methyl sites for hydroxylation is 1. The topological polar surface area (TPSA) is 78.2 Å². The number of hydrogen-bond donors (Lipinski definition) is 2. The minimum atomic E-state index is -0.0586. The van der Waals surface area contributed by atoms with E-state index in [0.717, 1.165) is 38.2 Å². The van der Waals surface area contributed by atoms with E-state index in [2.05, 4.69) is 36.0 Å². The van der Waals surface area contributed by atoms with Crippen LogP contribution in [-0.4, -0.2) is 58.6 Å². The van der Waals surface area contributed by atoms with Crippen molar-refractivity contribution in [3.63, 3.8) is 0 Å². The summed E-state index contributed by atoms with van der Waals surface area (Å²) in [5.41, 5.74) is 7.77. The van der Waals surface area contributed by atoms with Crippen molar-refractivity contribution in [1.82, 2.24) is 20.0 Å². The Morgan fingerprint density at radius 3 is 2.89 bits per heavy atom. The number of aromatic nitrogens is 2. The van der Waals surface area contributed by atoms with Crippen molar-refractivity contribution in [2.75, 3.05) is 32.4 Å². The highest BCUT2D eigenvalue weighted by molar-refractivity contribution is 5.97. The lowest BCUT2D eigenvalue weighted by Gasteiger charge is -2.37. The molecule has 2 heterocycles. The molecule has 0 radical (unpaired) electrons. The second-order valence-corrected chi connectivity index (χ2v) is 5.32. The number of carbonyl (C=O) groups excluding carboxylic acids is 1. The predicted octanol–water partition coefficient (Wildman–Crippen LogP) is 0.721. The predicted molar refractivity (Wildman–Crippen MR) is 75.0 cm³/mol. The third kappa shape index (κ3) is 2.73. The number of nitrogen functional groups attached to an aromatic ring is 1. The Balaban J connectivity index is 2.15. The molecule has 1 aromatic heterocycles. The zero-order valence-electron chi connectivity index (χ0n) is 11.9. The highest BCUT2D eigenvalue weighted by Gasteiger charge is 2.29.